The normalized spacial score (nSPS) is 18.1. The standard InChI is InChI=1S/C33H24ClFN4O3S/c1-22-7-14-28(15-8-22)43(41,42)39-21-25(19-36)33(18-30(37-39)24-9-11-26(34)12-10-24)29-17-27(35)13-16-31(29)38(32(33)40)20-23-5-3-2-4-6-23/h2-17,21H,18,20H2,1H3. The number of carbonyl (C=O) groups is 1. The van der Waals surface area contributed by atoms with E-state index in [1.165, 1.54) is 35.2 Å². The Hall–Kier alpha value is -4.78. The number of halogens is 2. The first kappa shape index (κ1) is 28.3. The van der Waals surface area contributed by atoms with Gasteiger partial charge in [-0.25, -0.2) is 4.39 Å². The summed E-state index contributed by atoms with van der Waals surface area (Å²) in [5.74, 6) is -1.08. The number of nitriles is 1. The fourth-order valence-electron chi connectivity index (χ4n) is 5.51. The molecule has 4 aromatic rings. The Kier molecular flexibility index (Phi) is 7.12. The fourth-order valence-corrected chi connectivity index (χ4v) is 6.78. The molecule has 0 bridgehead atoms. The van der Waals surface area contributed by atoms with Crippen molar-refractivity contribution in [1.82, 2.24) is 4.41 Å². The lowest BCUT2D eigenvalue weighted by Gasteiger charge is -2.28. The van der Waals surface area contributed by atoms with Crippen LogP contribution in [0.1, 0.15) is 28.7 Å². The second kappa shape index (κ2) is 10.8. The van der Waals surface area contributed by atoms with E-state index in [9.17, 15) is 22.9 Å². The lowest BCUT2D eigenvalue weighted by molar-refractivity contribution is -0.121. The van der Waals surface area contributed by atoms with Gasteiger partial charge in [0.2, 0.25) is 5.91 Å². The molecule has 43 heavy (non-hydrogen) atoms. The number of anilines is 1. The highest BCUT2D eigenvalue weighted by Crippen LogP contribution is 2.51. The first-order valence-electron chi connectivity index (χ1n) is 13.4. The molecule has 0 aliphatic carbocycles. The first-order valence-corrected chi connectivity index (χ1v) is 15.2. The molecule has 2 aliphatic heterocycles. The van der Waals surface area contributed by atoms with Gasteiger partial charge in [0.05, 0.1) is 35.0 Å². The minimum Gasteiger partial charge on any atom is -0.307 e. The van der Waals surface area contributed by atoms with Gasteiger partial charge in [-0.05, 0) is 66.1 Å². The van der Waals surface area contributed by atoms with Crippen molar-refractivity contribution in [3.05, 3.63) is 142 Å². The Morgan fingerprint density at radius 3 is 2.37 bits per heavy atom. The van der Waals surface area contributed by atoms with Crippen LogP contribution in [0.15, 0.2) is 119 Å². The van der Waals surface area contributed by atoms with Crippen LogP contribution in [0.4, 0.5) is 10.1 Å². The van der Waals surface area contributed by atoms with E-state index < -0.39 is 27.2 Å². The predicted molar refractivity (Wildman–Crippen MR) is 162 cm³/mol. The Bertz CT molecular complexity index is 1950. The minimum atomic E-state index is -4.31. The van der Waals surface area contributed by atoms with Gasteiger partial charge in [0.25, 0.3) is 10.0 Å². The number of sulfonamides is 1. The molecule has 2 aliphatic rings. The summed E-state index contributed by atoms with van der Waals surface area (Å²) in [5.41, 5.74) is 1.15. The average molecular weight is 611 g/mol. The quantitative estimate of drug-likeness (QED) is 0.259. The SMILES string of the molecule is Cc1ccc(S(=O)(=O)N2C=C(C#N)C3(CC(c4ccc(Cl)cc4)=N2)C(=O)N(Cc2ccccc2)c2ccc(F)cc23)cc1. The van der Waals surface area contributed by atoms with E-state index in [1.54, 1.807) is 36.4 Å². The minimum absolute atomic E-state index is 0.0447. The van der Waals surface area contributed by atoms with Crippen molar-refractivity contribution in [2.75, 3.05) is 4.90 Å². The second-order valence-corrected chi connectivity index (χ2v) is 12.7. The molecule has 0 radical (unpaired) electrons. The highest BCUT2D eigenvalue weighted by molar-refractivity contribution is 7.89. The Morgan fingerprint density at radius 2 is 1.70 bits per heavy atom. The lowest BCUT2D eigenvalue weighted by atomic mass is 9.71. The topological polar surface area (TPSA) is 93.8 Å². The van der Waals surface area contributed by atoms with Gasteiger partial charge >= 0.3 is 0 Å². The van der Waals surface area contributed by atoms with Gasteiger partial charge in [0.15, 0.2) is 0 Å². The molecule has 1 atom stereocenters. The molecular formula is C33H24ClFN4O3S. The Morgan fingerprint density at radius 1 is 1.00 bits per heavy atom. The number of hydrazone groups is 1. The van der Waals surface area contributed by atoms with E-state index >= 15 is 0 Å². The molecule has 1 spiro atoms. The summed E-state index contributed by atoms with van der Waals surface area (Å²) in [6.07, 6.45) is 0.880. The van der Waals surface area contributed by atoms with Crippen molar-refractivity contribution in [3.8, 4) is 6.07 Å². The van der Waals surface area contributed by atoms with Gasteiger partial charge < -0.3 is 4.90 Å². The summed E-state index contributed by atoms with van der Waals surface area (Å²) >= 11 is 6.14. The molecule has 0 saturated carbocycles. The maximum Gasteiger partial charge on any atom is 0.282 e. The van der Waals surface area contributed by atoms with Gasteiger partial charge in [-0.1, -0.05) is 71.8 Å². The van der Waals surface area contributed by atoms with Crippen LogP contribution in [0, 0.1) is 24.1 Å². The lowest BCUT2D eigenvalue weighted by Crippen LogP contribution is -2.42. The summed E-state index contributed by atoms with van der Waals surface area (Å²) in [6, 6.07) is 28.2. The smallest absolute Gasteiger partial charge is 0.282 e. The van der Waals surface area contributed by atoms with Crippen LogP contribution in [0.3, 0.4) is 0 Å². The molecule has 2 heterocycles. The summed E-state index contributed by atoms with van der Waals surface area (Å²) in [7, 11) is -4.31. The Balaban J connectivity index is 1.59. The van der Waals surface area contributed by atoms with E-state index in [4.69, 9.17) is 11.6 Å². The third kappa shape index (κ3) is 4.88. The van der Waals surface area contributed by atoms with E-state index in [0.29, 0.717) is 16.3 Å². The van der Waals surface area contributed by atoms with E-state index in [1.807, 2.05) is 37.3 Å². The summed E-state index contributed by atoms with van der Waals surface area (Å²) in [5, 5.41) is 15.5. The number of amides is 1. The van der Waals surface area contributed by atoms with E-state index in [0.717, 1.165) is 21.7 Å². The molecular weight excluding hydrogens is 587 g/mol. The molecule has 0 N–H and O–H groups in total. The van der Waals surface area contributed by atoms with Crippen molar-refractivity contribution < 1.29 is 17.6 Å². The molecule has 214 valence electrons. The van der Waals surface area contributed by atoms with Crippen molar-refractivity contribution in [2.45, 2.75) is 30.2 Å². The molecule has 0 saturated heterocycles. The number of aryl methyl sites for hydroxylation is 1. The number of hydrogen-bond donors (Lipinski definition) is 0. The summed E-state index contributed by atoms with van der Waals surface area (Å²) < 4.78 is 43.5. The number of hydrogen-bond acceptors (Lipinski definition) is 5. The highest BCUT2D eigenvalue weighted by Gasteiger charge is 2.56. The average Bonchev–Trinajstić information content (AvgIpc) is 3.12. The van der Waals surface area contributed by atoms with Crippen molar-refractivity contribution in [1.29, 1.82) is 5.26 Å². The number of fused-ring (bicyclic) bond motifs is 2. The maximum atomic E-state index is 14.9. The zero-order chi connectivity index (χ0) is 30.4. The van der Waals surface area contributed by atoms with E-state index in [-0.39, 0.29) is 34.7 Å². The number of benzene rings is 4. The number of nitrogens with zero attached hydrogens (tertiary/aromatic N) is 4. The van der Waals surface area contributed by atoms with Gasteiger partial charge in [-0.3, -0.25) is 4.79 Å². The van der Waals surface area contributed by atoms with Crippen molar-refractivity contribution in [2.24, 2.45) is 5.10 Å². The molecule has 6 rings (SSSR count). The van der Waals surface area contributed by atoms with Crippen molar-refractivity contribution >= 4 is 38.9 Å². The second-order valence-electron chi connectivity index (χ2n) is 10.4. The molecule has 4 aromatic carbocycles. The van der Waals surface area contributed by atoms with Crippen LogP contribution in [-0.2, 0) is 26.8 Å². The zero-order valence-corrected chi connectivity index (χ0v) is 24.5. The van der Waals surface area contributed by atoms with Gasteiger partial charge in [0.1, 0.15) is 11.2 Å². The van der Waals surface area contributed by atoms with E-state index in [2.05, 4.69) is 11.2 Å². The summed E-state index contributed by atoms with van der Waals surface area (Å²) in [4.78, 5) is 16.1. The number of carbonyl (C=O) groups excluding carboxylic acids is 1. The molecule has 10 heteroatoms. The van der Waals surface area contributed by atoms with Crippen LogP contribution in [0.25, 0.3) is 0 Å². The van der Waals surface area contributed by atoms with Crippen LogP contribution >= 0.6 is 11.6 Å². The largest absolute Gasteiger partial charge is 0.307 e. The fraction of sp³-hybridized carbons (Fsp3) is 0.121. The molecule has 0 aromatic heterocycles. The highest BCUT2D eigenvalue weighted by atomic mass is 35.5. The third-order valence-corrected chi connectivity index (χ3v) is 9.52. The monoisotopic (exact) mass is 610 g/mol. The third-order valence-electron chi connectivity index (χ3n) is 7.72. The van der Waals surface area contributed by atoms with Crippen LogP contribution in [-0.4, -0.2) is 24.5 Å². The van der Waals surface area contributed by atoms with Crippen LogP contribution in [0.5, 0.6) is 0 Å². The molecule has 7 nitrogen and oxygen atoms in total. The maximum absolute atomic E-state index is 14.9. The Labute approximate surface area is 253 Å². The molecule has 1 unspecified atom stereocenters. The molecule has 0 fully saturated rings. The van der Waals surface area contributed by atoms with Gasteiger partial charge in [-0.15, -0.1) is 0 Å². The van der Waals surface area contributed by atoms with Gasteiger partial charge in [0, 0.05) is 17.1 Å². The van der Waals surface area contributed by atoms with Gasteiger partial charge in [-0.2, -0.15) is 23.2 Å². The van der Waals surface area contributed by atoms with Crippen LogP contribution in [0.2, 0.25) is 5.02 Å². The zero-order valence-electron chi connectivity index (χ0n) is 22.9. The predicted octanol–water partition coefficient (Wildman–Crippen LogP) is 6.48. The molecule has 1 amide bonds. The van der Waals surface area contributed by atoms with Crippen LogP contribution < -0.4 is 4.90 Å². The van der Waals surface area contributed by atoms with Crippen molar-refractivity contribution in [3.63, 3.8) is 0 Å². The first-order chi connectivity index (χ1) is 20.6. The summed E-state index contributed by atoms with van der Waals surface area (Å²) in [6.45, 7) is 2.00. The number of rotatable bonds is 5.